The lowest BCUT2D eigenvalue weighted by Gasteiger charge is -2.22. The molecule has 3 nitrogen and oxygen atoms in total. The van der Waals surface area contributed by atoms with Crippen molar-refractivity contribution in [2.45, 2.75) is 26.7 Å². The van der Waals surface area contributed by atoms with Crippen LogP contribution in [0.5, 0.6) is 0 Å². The summed E-state index contributed by atoms with van der Waals surface area (Å²) in [5, 5.41) is 4.30. The molecular formula is C17H19BrN2O. The first-order valence-electron chi connectivity index (χ1n) is 6.92. The molecule has 1 aromatic carbocycles. The van der Waals surface area contributed by atoms with Crippen molar-refractivity contribution in [1.82, 2.24) is 5.43 Å². The topological polar surface area (TPSA) is 41.5 Å². The molecule has 0 saturated heterocycles. The molecule has 1 aliphatic carbocycles. The summed E-state index contributed by atoms with van der Waals surface area (Å²) in [5.41, 5.74) is 6.44. The summed E-state index contributed by atoms with van der Waals surface area (Å²) < 4.78 is 0.874. The highest BCUT2D eigenvalue weighted by Crippen LogP contribution is 2.26. The number of benzene rings is 1. The van der Waals surface area contributed by atoms with Crippen LogP contribution >= 0.6 is 15.9 Å². The van der Waals surface area contributed by atoms with Crippen molar-refractivity contribution in [1.29, 1.82) is 0 Å². The molecule has 1 N–H and O–H groups in total. The van der Waals surface area contributed by atoms with E-state index in [1.54, 1.807) is 12.1 Å². The van der Waals surface area contributed by atoms with Crippen LogP contribution in [0.4, 0.5) is 0 Å². The van der Waals surface area contributed by atoms with E-state index in [0.29, 0.717) is 11.5 Å². The van der Waals surface area contributed by atoms with Crippen LogP contribution in [0.25, 0.3) is 0 Å². The van der Waals surface area contributed by atoms with E-state index in [-0.39, 0.29) is 5.91 Å². The largest absolute Gasteiger partial charge is 0.271 e. The van der Waals surface area contributed by atoms with Crippen molar-refractivity contribution in [2.75, 3.05) is 0 Å². The lowest BCUT2D eigenvalue weighted by Crippen LogP contribution is -2.23. The molecule has 21 heavy (non-hydrogen) atoms. The number of nitrogens with one attached hydrogen (secondary N) is 1. The number of hydrogen-bond donors (Lipinski definition) is 1. The van der Waals surface area contributed by atoms with Crippen LogP contribution in [0.3, 0.4) is 0 Å². The normalized spacial score (nSPS) is 20.0. The second-order valence-corrected chi connectivity index (χ2v) is 6.30. The summed E-state index contributed by atoms with van der Waals surface area (Å²) in [7, 11) is 0. The van der Waals surface area contributed by atoms with Crippen molar-refractivity contribution in [3.63, 3.8) is 0 Å². The maximum Gasteiger partial charge on any atom is 0.271 e. The van der Waals surface area contributed by atoms with E-state index in [4.69, 9.17) is 0 Å². The third-order valence-corrected chi connectivity index (χ3v) is 4.17. The van der Waals surface area contributed by atoms with Gasteiger partial charge >= 0.3 is 0 Å². The van der Waals surface area contributed by atoms with Gasteiger partial charge in [-0.2, -0.15) is 5.10 Å². The molecule has 0 heterocycles. The van der Waals surface area contributed by atoms with E-state index in [1.807, 2.05) is 26.0 Å². The molecule has 0 fully saturated rings. The first-order chi connectivity index (χ1) is 9.97. The number of rotatable bonds is 3. The Balaban J connectivity index is 2.09. The minimum atomic E-state index is -0.200. The minimum Gasteiger partial charge on any atom is -0.267 e. The second-order valence-electron chi connectivity index (χ2n) is 5.38. The zero-order chi connectivity index (χ0) is 15.4. The van der Waals surface area contributed by atoms with Gasteiger partial charge in [0.1, 0.15) is 0 Å². The predicted molar refractivity (Wildman–Crippen MR) is 90.3 cm³/mol. The standard InChI is InChI=1S/C17H19BrN2O/c1-11(2)13-8-7-12(3)16(10-13)19-20-17(21)14-5-4-6-15(18)9-14/h4-7,9,13H,1,8,10H2,2-3H3,(H,20,21)/b19-16+. The summed E-state index contributed by atoms with van der Waals surface area (Å²) in [4.78, 5) is 12.1. The molecule has 1 aliphatic rings. The molecule has 0 bridgehead atoms. The number of carbonyl (C=O) groups excluding carboxylic acids is 1. The van der Waals surface area contributed by atoms with Crippen molar-refractivity contribution in [3.8, 4) is 0 Å². The Morgan fingerprint density at radius 3 is 2.90 bits per heavy atom. The highest BCUT2D eigenvalue weighted by atomic mass is 79.9. The first kappa shape index (κ1) is 15.7. The Labute approximate surface area is 134 Å². The van der Waals surface area contributed by atoms with Gasteiger partial charge in [0.2, 0.25) is 0 Å². The molecule has 0 radical (unpaired) electrons. The van der Waals surface area contributed by atoms with E-state index in [1.165, 1.54) is 0 Å². The number of amides is 1. The molecule has 0 saturated carbocycles. The van der Waals surface area contributed by atoms with Gasteiger partial charge in [-0.05, 0) is 56.4 Å². The Morgan fingerprint density at radius 2 is 2.24 bits per heavy atom. The van der Waals surface area contributed by atoms with E-state index >= 15 is 0 Å². The SMILES string of the molecule is C=C(C)C1CC=C(C)/C(=N/NC(=O)c2cccc(Br)c2)C1. The van der Waals surface area contributed by atoms with Crippen molar-refractivity contribution in [2.24, 2.45) is 11.0 Å². The van der Waals surface area contributed by atoms with Crippen molar-refractivity contribution >= 4 is 27.5 Å². The van der Waals surface area contributed by atoms with E-state index in [2.05, 4.69) is 39.1 Å². The average Bonchev–Trinajstić information content (AvgIpc) is 2.45. The third-order valence-electron chi connectivity index (χ3n) is 3.68. The van der Waals surface area contributed by atoms with Crippen LogP contribution in [-0.2, 0) is 0 Å². The highest BCUT2D eigenvalue weighted by molar-refractivity contribution is 9.10. The number of carbonyl (C=O) groups is 1. The summed E-state index contributed by atoms with van der Waals surface area (Å²) >= 11 is 3.36. The number of hydrogen-bond acceptors (Lipinski definition) is 2. The van der Waals surface area contributed by atoms with Crippen LogP contribution in [0.15, 0.2) is 57.6 Å². The fourth-order valence-corrected chi connectivity index (χ4v) is 2.64. The number of hydrazone groups is 1. The van der Waals surface area contributed by atoms with Gasteiger partial charge in [0.15, 0.2) is 0 Å². The molecule has 1 atom stereocenters. The molecule has 4 heteroatoms. The smallest absolute Gasteiger partial charge is 0.267 e. The first-order valence-corrected chi connectivity index (χ1v) is 7.71. The Hall–Kier alpha value is -1.68. The van der Waals surface area contributed by atoms with E-state index < -0.39 is 0 Å². The molecule has 0 aliphatic heterocycles. The fraction of sp³-hybridized carbons (Fsp3) is 0.294. The summed E-state index contributed by atoms with van der Waals surface area (Å²) in [5.74, 6) is 0.212. The van der Waals surface area contributed by atoms with E-state index in [9.17, 15) is 4.79 Å². The quantitative estimate of drug-likeness (QED) is 0.636. The maximum absolute atomic E-state index is 12.1. The van der Waals surface area contributed by atoms with Gasteiger partial charge in [0, 0.05) is 10.0 Å². The van der Waals surface area contributed by atoms with Crippen LogP contribution in [0, 0.1) is 5.92 Å². The maximum atomic E-state index is 12.1. The average molecular weight is 347 g/mol. The third kappa shape index (κ3) is 4.14. The highest BCUT2D eigenvalue weighted by Gasteiger charge is 2.18. The monoisotopic (exact) mass is 346 g/mol. The Kier molecular flexibility index (Phi) is 5.12. The van der Waals surface area contributed by atoms with Crippen LogP contribution in [0.2, 0.25) is 0 Å². The van der Waals surface area contributed by atoms with Gasteiger partial charge in [0.05, 0.1) is 5.71 Å². The molecule has 0 aromatic heterocycles. The lowest BCUT2D eigenvalue weighted by molar-refractivity contribution is 0.0954. The number of nitrogens with zero attached hydrogens (tertiary/aromatic N) is 1. The minimum absolute atomic E-state index is 0.200. The number of allylic oxidation sites excluding steroid dienone is 3. The molecule has 110 valence electrons. The molecular weight excluding hydrogens is 328 g/mol. The van der Waals surface area contributed by atoms with Crippen molar-refractivity contribution < 1.29 is 4.79 Å². The lowest BCUT2D eigenvalue weighted by atomic mass is 9.85. The molecule has 1 amide bonds. The zero-order valence-corrected chi connectivity index (χ0v) is 13.9. The molecule has 2 rings (SSSR count). The number of halogens is 1. The van der Waals surface area contributed by atoms with Gasteiger partial charge in [-0.15, -0.1) is 0 Å². The summed E-state index contributed by atoms with van der Waals surface area (Å²) in [6, 6.07) is 7.25. The predicted octanol–water partition coefficient (Wildman–Crippen LogP) is 4.47. The van der Waals surface area contributed by atoms with Crippen molar-refractivity contribution in [3.05, 3.63) is 58.1 Å². The van der Waals surface area contributed by atoms with Crippen LogP contribution < -0.4 is 5.43 Å². The molecule has 1 unspecified atom stereocenters. The molecule has 1 aromatic rings. The van der Waals surface area contributed by atoms with Gasteiger partial charge in [-0.25, -0.2) is 5.43 Å². The van der Waals surface area contributed by atoms with Gasteiger partial charge in [0.25, 0.3) is 5.91 Å². The van der Waals surface area contributed by atoms with Gasteiger partial charge in [-0.1, -0.05) is 40.2 Å². The van der Waals surface area contributed by atoms with Crippen LogP contribution in [-0.4, -0.2) is 11.6 Å². The van der Waals surface area contributed by atoms with Gasteiger partial charge < -0.3 is 0 Å². The zero-order valence-electron chi connectivity index (χ0n) is 12.3. The van der Waals surface area contributed by atoms with E-state index in [0.717, 1.165) is 34.2 Å². The summed E-state index contributed by atoms with van der Waals surface area (Å²) in [6.45, 7) is 8.08. The van der Waals surface area contributed by atoms with Crippen LogP contribution in [0.1, 0.15) is 37.0 Å². The Bertz CT molecular complexity index is 631. The fourth-order valence-electron chi connectivity index (χ4n) is 2.24. The Morgan fingerprint density at radius 1 is 1.48 bits per heavy atom. The molecule has 0 spiro atoms. The summed E-state index contributed by atoms with van der Waals surface area (Å²) in [6.07, 6.45) is 3.99. The van der Waals surface area contributed by atoms with Gasteiger partial charge in [-0.3, -0.25) is 4.79 Å². The second kappa shape index (κ2) is 6.85.